The number of hydrogen-bond acceptors (Lipinski definition) is 4. The van der Waals surface area contributed by atoms with E-state index in [-0.39, 0.29) is 18.1 Å². The lowest BCUT2D eigenvalue weighted by Gasteiger charge is -2.27. The van der Waals surface area contributed by atoms with Gasteiger partial charge in [-0.05, 0) is 98.4 Å². The largest absolute Gasteiger partial charge is 0.491 e. The molecule has 2 aromatic carbocycles. The fourth-order valence-electron chi connectivity index (χ4n) is 5.10. The Bertz CT molecular complexity index is 933. The summed E-state index contributed by atoms with van der Waals surface area (Å²) in [4.78, 5) is 12.8. The average Bonchev–Trinajstić information content (AvgIpc) is 3.33. The first-order valence-corrected chi connectivity index (χ1v) is 12.7. The van der Waals surface area contributed by atoms with Gasteiger partial charge in [-0.25, -0.2) is 0 Å². The van der Waals surface area contributed by atoms with Gasteiger partial charge in [-0.3, -0.25) is 4.79 Å². The van der Waals surface area contributed by atoms with E-state index in [4.69, 9.17) is 9.47 Å². The average molecular weight is 449 g/mol. The highest BCUT2D eigenvalue weighted by molar-refractivity contribution is 5.94. The van der Waals surface area contributed by atoms with E-state index in [2.05, 4.69) is 28.8 Å². The molecule has 2 fully saturated rings. The molecule has 1 aliphatic heterocycles. The molecule has 176 valence electrons. The molecule has 5 rings (SSSR count). The van der Waals surface area contributed by atoms with E-state index in [1.165, 1.54) is 36.0 Å². The van der Waals surface area contributed by atoms with E-state index in [0.717, 1.165) is 63.5 Å². The summed E-state index contributed by atoms with van der Waals surface area (Å²) in [5.41, 5.74) is 4.86. The summed E-state index contributed by atoms with van der Waals surface area (Å²) in [7, 11) is 0. The number of fused-ring (bicyclic) bond motifs is 1. The number of nitrogens with one attached hydrogen (secondary N) is 2. The third-order valence-corrected chi connectivity index (χ3v) is 7.40. The van der Waals surface area contributed by atoms with Crippen molar-refractivity contribution in [1.82, 2.24) is 10.6 Å². The number of ether oxygens (including phenoxy) is 2. The van der Waals surface area contributed by atoms with Crippen LogP contribution in [0, 0.1) is 5.92 Å². The van der Waals surface area contributed by atoms with Crippen molar-refractivity contribution in [2.24, 2.45) is 5.92 Å². The molecule has 3 aliphatic rings. The van der Waals surface area contributed by atoms with Crippen LogP contribution in [-0.4, -0.2) is 37.8 Å². The maximum Gasteiger partial charge on any atom is 0.251 e. The molecule has 33 heavy (non-hydrogen) atoms. The highest BCUT2D eigenvalue weighted by atomic mass is 16.5. The summed E-state index contributed by atoms with van der Waals surface area (Å²) >= 11 is 0. The van der Waals surface area contributed by atoms with Gasteiger partial charge in [0.1, 0.15) is 12.4 Å². The second-order valence-electron chi connectivity index (χ2n) is 9.91. The third-order valence-electron chi connectivity index (χ3n) is 7.40. The number of rotatable bonds is 9. The summed E-state index contributed by atoms with van der Waals surface area (Å²) in [6, 6.07) is 14.5. The van der Waals surface area contributed by atoms with Gasteiger partial charge in [-0.2, -0.15) is 0 Å². The Morgan fingerprint density at radius 1 is 1.00 bits per heavy atom. The predicted molar refractivity (Wildman–Crippen MR) is 130 cm³/mol. The second kappa shape index (κ2) is 10.7. The first kappa shape index (κ1) is 22.4. The van der Waals surface area contributed by atoms with Gasteiger partial charge in [0, 0.05) is 24.8 Å². The Morgan fingerprint density at radius 3 is 2.64 bits per heavy atom. The Labute approximate surface area is 197 Å². The van der Waals surface area contributed by atoms with Crippen molar-refractivity contribution in [2.75, 3.05) is 19.8 Å². The topological polar surface area (TPSA) is 59.6 Å². The molecule has 1 amide bonds. The van der Waals surface area contributed by atoms with E-state index in [0.29, 0.717) is 12.2 Å². The van der Waals surface area contributed by atoms with Crippen molar-refractivity contribution in [3.63, 3.8) is 0 Å². The van der Waals surface area contributed by atoms with Gasteiger partial charge < -0.3 is 20.1 Å². The molecule has 1 saturated heterocycles. The number of hydrogen-bond donors (Lipinski definition) is 2. The maximum absolute atomic E-state index is 12.8. The van der Waals surface area contributed by atoms with Crippen LogP contribution in [0.25, 0.3) is 0 Å². The summed E-state index contributed by atoms with van der Waals surface area (Å²) in [5.74, 6) is 1.67. The third kappa shape index (κ3) is 5.96. The highest BCUT2D eigenvalue weighted by Gasteiger charge is 2.22. The first-order chi connectivity index (χ1) is 16.2. The lowest BCUT2D eigenvalue weighted by molar-refractivity contribution is 0.0679. The van der Waals surface area contributed by atoms with Crippen LogP contribution in [0.15, 0.2) is 42.5 Å². The van der Waals surface area contributed by atoms with Crippen LogP contribution < -0.4 is 15.4 Å². The minimum Gasteiger partial charge on any atom is -0.491 e. The molecule has 2 atom stereocenters. The Hall–Kier alpha value is -2.37. The number of carbonyl (C=O) groups excluding carboxylic acids is 1. The monoisotopic (exact) mass is 448 g/mol. The predicted octanol–water partition coefficient (Wildman–Crippen LogP) is 4.42. The van der Waals surface area contributed by atoms with Crippen LogP contribution in [0.3, 0.4) is 0 Å². The molecule has 1 heterocycles. The molecular formula is C28H36N2O3. The molecular weight excluding hydrogens is 412 g/mol. The second-order valence-corrected chi connectivity index (χ2v) is 9.91. The zero-order valence-electron chi connectivity index (χ0n) is 19.5. The fraction of sp³-hybridized carbons (Fsp3) is 0.536. The van der Waals surface area contributed by atoms with Gasteiger partial charge >= 0.3 is 0 Å². The quantitative estimate of drug-likeness (QED) is 0.596. The summed E-state index contributed by atoms with van der Waals surface area (Å²) in [5, 5.41) is 6.85. The van der Waals surface area contributed by atoms with Crippen LogP contribution in [0.1, 0.15) is 65.6 Å². The number of benzene rings is 2. The van der Waals surface area contributed by atoms with Gasteiger partial charge in [-0.1, -0.05) is 24.6 Å². The smallest absolute Gasteiger partial charge is 0.251 e. The Kier molecular flexibility index (Phi) is 7.27. The lowest BCUT2D eigenvalue weighted by atomic mass is 9.85. The van der Waals surface area contributed by atoms with Crippen LogP contribution >= 0.6 is 0 Å². The van der Waals surface area contributed by atoms with Crippen LogP contribution in [0.2, 0.25) is 0 Å². The summed E-state index contributed by atoms with van der Waals surface area (Å²) in [6.45, 7) is 3.51. The van der Waals surface area contributed by atoms with Gasteiger partial charge in [0.05, 0.1) is 6.10 Å². The molecule has 5 nitrogen and oxygen atoms in total. The van der Waals surface area contributed by atoms with E-state index in [1.807, 2.05) is 24.3 Å². The van der Waals surface area contributed by atoms with Gasteiger partial charge in [0.25, 0.3) is 5.91 Å². The zero-order chi connectivity index (χ0) is 22.5. The summed E-state index contributed by atoms with van der Waals surface area (Å²) in [6.07, 6.45) is 9.45. The summed E-state index contributed by atoms with van der Waals surface area (Å²) < 4.78 is 11.4. The van der Waals surface area contributed by atoms with Crippen molar-refractivity contribution in [2.45, 2.75) is 70.1 Å². The number of amides is 1. The van der Waals surface area contributed by atoms with Crippen LogP contribution in [0.4, 0.5) is 0 Å². The first-order valence-electron chi connectivity index (χ1n) is 12.7. The molecule has 2 aliphatic carbocycles. The highest BCUT2D eigenvalue weighted by Crippen LogP contribution is 2.26. The maximum atomic E-state index is 12.8. The molecule has 2 N–H and O–H groups in total. The SMILES string of the molecule is O=C(N[C@H]1CCc2cc(CNCC3CCC3)ccc2C1)c1ccc(OC[C@@H]2CCCO2)cc1. The van der Waals surface area contributed by atoms with Crippen molar-refractivity contribution < 1.29 is 14.3 Å². The zero-order valence-corrected chi connectivity index (χ0v) is 19.5. The molecule has 0 bridgehead atoms. The van der Waals surface area contributed by atoms with Crippen LogP contribution in [-0.2, 0) is 24.1 Å². The molecule has 0 aromatic heterocycles. The van der Waals surface area contributed by atoms with E-state index < -0.39 is 0 Å². The van der Waals surface area contributed by atoms with Crippen molar-refractivity contribution in [3.8, 4) is 5.75 Å². The fourth-order valence-corrected chi connectivity index (χ4v) is 5.10. The molecule has 1 saturated carbocycles. The van der Waals surface area contributed by atoms with Crippen LogP contribution in [0.5, 0.6) is 5.75 Å². The minimum absolute atomic E-state index is 0.00839. The van der Waals surface area contributed by atoms with Gasteiger partial charge in [0.15, 0.2) is 0 Å². The molecule has 0 spiro atoms. The standard InChI is InChI=1S/C28H36N2O3/c31-28(22-9-12-26(13-10-22)33-19-27-5-2-14-32-27)30-25-11-8-23-15-21(6-7-24(23)16-25)18-29-17-20-3-1-4-20/h6-7,9-10,12-13,15,20,25,27,29H,1-5,8,11,14,16-19H2,(H,30,31)/t25-,27-/m0/s1. The molecule has 0 unspecified atom stereocenters. The van der Waals surface area contributed by atoms with Gasteiger partial charge in [-0.15, -0.1) is 0 Å². The van der Waals surface area contributed by atoms with Crippen molar-refractivity contribution in [3.05, 3.63) is 64.7 Å². The van der Waals surface area contributed by atoms with E-state index in [9.17, 15) is 4.79 Å². The molecule has 2 aromatic rings. The van der Waals surface area contributed by atoms with Crippen molar-refractivity contribution in [1.29, 1.82) is 0 Å². The number of carbonyl (C=O) groups is 1. The molecule has 0 radical (unpaired) electrons. The van der Waals surface area contributed by atoms with Gasteiger partial charge in [0.2, 0.25) is 0 Å². The minimum atomic E-state index is -0.00839. The normalized spacial score (nSPS) is 22.4. The Balaban J connectivity index is 1.09. The van der Waals surface area contributed by atoms with E-state index >= 15 is 0 Å². The Morgan fingerprint density at radius 2 is 1.88 bits per heavy atom. The number of aryl methyl sites for hydroxylation is 1. The lowest BCUT2D eigenvalue weighted by Crippen LogP contribution is -2.38. The van der Waals surface area contributed by atoms with Crippen molar-refractivity contribution >= 4 is 5.91 Å². The molecule has 5 heteroatoms. The van der Waals surface area contributed by atoms with E-state index in [1.54, 1.807) is 0 Å².